The highest BCUT2D eigenvalue weighted by atomic mass is 32.2. The summed E-state index contributed by atoms with van der Waals surface area (Å²) in [5, 5.41) is 0. The zero-order valence-corrected chi connectivity index (χ0v) is 14.9. The van der Waals surface area contributed by atoms with E-state index in [9.17, 15) is 13.2 Å². The van der Waals surface area contributed by atoms with Crippen LogP contribution in [-0.4, -0.2) is 27.7 Å². The minimum absolute atomic E-state index is 0.136. The molecule has 0 unspecified atom stereocenters. The summed E-state index contributed by atoms with van der Waals surface area (Å²) in [5.74, 6) is 0.385. The lowest BCUT2D eigenvalue weighted by molar-refractivity contribution is 0.181. The van der Waals surface area contributed by atoms with Crippen LogP contribution in [0.2, 0.25) is 0 Å². The maximum absolute atomic E-state index is 12.5. The van der Waals surface area contributed by atoms with Crippen LogP contribution in [0.3, 0.4) is 0 Å². The summed E-state index contributed by atoms with van der Waals surface area (Å²) in [6.45, 7) is 4.96. The smallest absolute Gasteiger partial charge is 0.414 e. The number of carbonyl (C=O) groups is 1. The molecule has 1 saturated heterocycles. The number of cyclic esters (lactones) is 1. The van der Waals surface area contributed by atoms with Crippen molar-refractivity contribution < 1.29 is 17.9 Å². The van der Waals surface area contributed by atoms with Gasteiger partial charge in [-0.1, -0.05) is 26.0 Å². The van der Waals surface area contributed by atoms with E-state index in [0.717, 1.165) is 5.56 Å². The van der Waals surface area contributed by atoms with Gasteiger partial charge in [-0.2, -0.15) is 0 Å². The predicted molar refractivity (Wildman–Crippen MR) is 96.5 cm³/mol. The molecule has 1 aliphatic heterocycles. The normalized spacial score (nSPS) is 14.7. The summed E-state index contributed by atoms with van der Waals surface area (Å²) in [5.41, 5.74) is 2.27. The van der Waals surface area contributed by atoms with Crippen molar-refractivity contribution >= 4 is 27.5 Å². The molecule has 25 heavy (non-hydrogen) atoms. The molecule has 0 aliphatic carbocycles. The fourth-order valence-electron chi connectivity index (χ4n) is 2.58. The van der Waals surface area contributed by atoms with Crippen molar-refractivity contribution in [3.63, 3.8) is 0 Å². The molecule has 0 spiro atoms. The molecule has 0 saturated carbocycles. The van der Waals surface area contributed by atoms with Gasteiger partial charge in [0.05, 0.1) is 11.4 Å². The number of hydrogen-bond acceptors (Lipinski definition) is 4. The maximum atomic E-state index is 12.5. The summed E-state index contributed by atoms with van der Waals surface area (Å²) >= 11 is 0. The van der Waals surface area contributed by atoms with E-state index in [-0.39, 0.29) is 4.90 Å². The van der Waals surface area contributed by atoms with Crippen LogP contribution in [0.15, 0.2) is 53.4 Å². The minimum Gasteiger partial charge on any atom is -0.447 e. The van der Waals surface area contributed by atoms with E-state index >= 15 is 0 Å². The van der Waals surface area contributed by atoms with Crippen molar-refractivity contribution in [2.45, 2.75) is 24.7 Å². The quantitative estimate of drug-likeness (QED) is 0.884. The number of ether oxygens (including phenoxy) is 1. The number of rotatable bonds is 5. The Morgan fingerprint density at radius 3 is 2.20 bits per heavy atom. The van der Waals surface area contributed by atoms with Gasteiger partial charge < -0.3 is 4.74 Å². The number of nitrogens with one attached hydrogen (secondary N) is 1. The first-order chi connectivity index (χ1) is 11.9. The SMILES string of the molecule is CC(C)c1ccc(NS(=O)(=O)c2ccc(N3CCOC3=O)cc2)cc1. The Balaban J connectivity index is 1.76. The predicted octanol–water partition coefficient (Wildman–Crippen LogP) is 3.57. The van der Waals surface area contributed by atoms with Crippen LogP contribution in [0, 0.1) is 0 Å². The molecule has 2 aromatic carbocycles. The number of carbonyl (C=O) groups excluding carboxylic acids is 1. The summed E-state index contributed by atoms with van der Waals surface area (Å²) in [6, 6.07) is 13.5. The lowest BCUT2D eigenvalue weighted by Crippen LogP contribution is -2.23. The maximum Gasteiger partial charge on any atom is 0.414 e. The zero-order chi connectivity index (χ0) is 18.0. The number of anilines is 2. The summed E-state index contributed by atoms with van der Waals surface area (Å²) in [7, 11) is -3.68. The van der Waals surface area contributed by atoms with Crippen molar-refractivity contribution in [3.8, 4) is 0 Å². The molecule has 1 fully saturated rings. The van der Waals surface area contributed by atoms with Gasteiger partial charge in [-0.15, -0.1) is 0 Å². The molecule has 0 radical (unpaired) electrons. The number of amides is 1. The van der Waals surface area contributed by atoms with Gasteiger partial charge in [-0.3, -0.25) is 9.62 Å². The van der Waals surface area contributed by atoms with Crippen LogP contribution in [0.5, 0.6) is 0 Å². The van der Waals surface area contributed by atoms with Gasteiger partial charge in [-0.25, -0.2) is 13.2 Å². The molecule has 6 nitrogen and oxygen atoms in total. The Morgan fingerprint density at radius 1 is 1.04 bits per heavy atom. The average Bonchev–Trinajstić information content (AvgIpc) is 3.01. The molecule has 0 aromatic heterocycles. The van der Waals surface area contributed by atoms with Crippen molar-refractivity contribution in [2.75, 3.05) is 22.8 Å². The largest absolute Gasteiger partial charge is 0.447 e. The van der Waals surface area contributed by atoms with Gasteiger partial charge in [0.15, 0.2) is 0 Å². The molecule has 132 valence electrons. The molecular weight excluding hydrogens is 340 g/mol. The van der Waals surface area contributed by atoms with E-state index in [2.05, 4.69) is 18.6 Å². The Kier molecular flexibility index (Phi) is 4.67. The van der Waals surface area contributed by atoms with Crippen LogP contribution in [-0.2, 0) is 14.8 Å². The molecule has 3 rings (SSSR count). The van der Waals surface area contributed by atoms with Crippen LogP contribution in [0.25, 0.3) is 0 Å². The van der Waals surface area contributed by atoms with Crippen molar-refractivity contribution in [2.24, 2.45) is 0 Å². The van der Waals surface area contributed by atoms with E-state index in [1.165, 1.54) is 17.0 Å². The van der Waals surface area contributed by atoms with Gasteiger partial charge in [0.25, 0.3) is 10.0 Å². The van der Waals surface area contributed by atoms with Crippen LogP contribution in [0.4, 0.5) is 16.2 Å². The van der Waals surface area contributed by atoms with Crippen LogP contribution < -0.4 is 9.62 Å². The number of benzene rings is 2. The molecule has 1 N–H and O–H groups in total. The Hall–Kier alpha value is -2.54. The number of hydrogen-bond donors (Lipinski definition) is 1. The topological polar surface area (TPSA) is 75.7 Å². The second-order valence-corrected chi connectivity index (χ2v) is 7.82. The highest BCUT2D eigenvalue weighted by Gasteiger charge is 2.24. The first kappa shape index (κ1) is 17.3. The minimum atomic E-state index is -3.68. The van der Waals surface area contributed by atoms with E-state index in [1.54, 1.807) is 24.3 Å². The third-order valence-corrected chi connectivity index (χ3v) is 5.45. The van der Waals surface area contributed by atoms with Crippen molar-refractivity contribution in [1.82, 2.24) is 0 Å². The standard InChI is InChI=1S/C18H20N2O4S/c1-13(2)14-3-5-15(6-4-14)19-25(22,23)17-9-7-16(8-10-17)20-11-12-24-18(20)21/h3-10,13,19H,11-12H2,1-2H3. The highest BCUT2D eigenvalue weighted by molar-refractivity contribution is 7.92. The summed E-state index contributed by atoms with van der Waals surface area (Å²) in [6.07, 6.45) is -0.418. The summed E-state index contributed by atoms with van der Waals surface area (Å²) < 4.78 is 32.4. The van der Waals surface area contributed by atoms with Gasteiger partial charge in [0, 0.05) is 11.4 Å². The first-order valence-corrected chi connectivity index (χ1v) is 9.52. The molecule has 0 atom stereocenters. The molecule has 1 amide bonds. The van der Waals surface area contributed by atoms with Crippen LogP contribution >= 0.6 is 0 Å². The van der Waals surface area contributed by atoms with E-state index in [0.29, 0.717) is 30.4 Å². The molecule has 1 heterocycles. The van der Waals surface area contributed by atoms with E-state index in [1.807, 2.05) is 12.1 Å². The van der Waals surface area contributed by atoms with Gasteiger partial charge in [-0.05, 0) is 47.9 Å². The molecule has 0 bridgehead atoms. The third kappa shape index (κ3) is 3.76. The second kappa shape index (κ2) is 6.76. The second-order valence-electron chi connectivity index (χ2n) is 6.14. The monoisotopic (exact) mass is 360 g/mol. The molecule has 2 aromatic rings. The van der Waals surface area contributed by atoms with E-state index in [4.69, 9.17) is 4.74 Å². The lowest BCUT2D eigenvalue weighted by atomic mass is 10.0. The van der Waals surface area contributed by atoms with Gasteiger partial charge in [0.2, 0.25) is 0 Å². The Labute approximate surface area is 147 Å². The molecule has 1 aliphatic rings. The van der Waals surface area contributed by atoms with Gasteiger partial charge >= 0.3 is 6.09 Å². The number of sulfonamides is 1. The Morgan fingerprint density at radius 2 is 1.68 bits per heavy atom. The zero-order valence-electron chi connectivity index (χ0n) is 14.1. The number of nitrogens with zero attached hydrogens (tertiary/aromatic N) is 1. The molecule has 7 heteroatoms. The highest BCUT2D eigenvalue weighted by Crippen LogP contribution is 2.23. The third-order valence-electron chi connectivity index (χ3n) is 4.05. The lowest BCUT2D eigenvalue weighted by Gasteiger charge is -2.14. The van der Waals surface area contributed by atoms with Crippen LogP contribution in [0.1, 0.15) is 25.3 Å². The first-order valence-electron chi connectivity index (χ1n) is 8.04. The average molecular weight is 360 g/mol. The van der Waals surface area contributed by atoms with Crippen molar-refractivity contribution in [1.29, 1.82) is 0 Å². The Bertz CT molecular complexity index is 859. The summed E-state index contributed by atoms with van der Waals surface area (Å²) in [4.78, 5) is 13.1. The fourth-order valence-corrected chi connectivity index (χ4v) is 3.64. The van der Waals surface area contributed by atoms with Gasteiger partial charge in [0.1, 0.15) is 6.61 Å². The fraction of sp³-hybridized carbons (Fsp3) is 0.278. The molecular formula is C18H20N2O4S. The van der Waals surface area contributed by atoms with Crippen molar-refractivity contribution in [3.05, 3.63) is 54.1 Å². The van der Waals surface area contributed by atoms with E-state index < -0.39 is 16.1 Å².